The van der Waals surface area contributed by atoms with Crippen molar-refractivity contribution in [2.75, 3.05) is 24.4 Å². The van der Waals surface area contributed by atoms with Gasteiger partial charge in [-0.2, -0.15) is 0 Å². The Morgan fingerprint density at radius 1 is 1.12 bits per heavy atom. The molecule has 33 heavy (non-hydrogen) atoms. The summed E-state index contributed by atoms with van der Waals surface area (Å²) in [6, 6.07) is 15.9. The van der Waals surface area contributed by atoms with Crippen LogP contribution in [0.1, 0.15) is 42.2 Å². The van der Waals surface area contributed by atoms with Gasteiger partial charge in [0.15, 0.2) is 17.3 Å². The highest BCUT2D eigenvalue weighted by atomic mass is 79.9. The van der Waals surface area contributed by atoms with Crippen LogP contribution in [0.25, 0.3) is 0 Å². The Morgan fingerprint density at radius 3 is 2.67 bits per heavy atom. The minimum atomic E-state index is -0.311. The van der Waals surface area contributed by atoms with Crippen LogP contribution >= 0.6 is 27.3 Å². The van der Waals surface area contributed by atoms with Gasteiger partial charge < -0.3 is 20.1 Å². The average Bonchev–Trinajstić information content (AvgIpc) is 3.28. The molecule has 0 amide bonds. The van der Waals surface area contributed by atoms with E-state index in [4.69, 9.17) is 9.47 Å². The molecule has 2 aromatic carbocycles. The third-order valence-corrected chi connectivity index (χ3v) is 7.75. The number of ketones is 1. The van der Waals surface area contributed by atoms with Gasteiger partial charge in [-0.1, -0.05) is 18.2 Å². The van der Waals surface area contributed by atoms with Crippen molar-refractivity contribution in [1.29, 1.82) is 0 Å². The number of allylic oxidation sites excluding steroid dienone is 1. The van der Waals surface area contributed by atoms with Gasteiger partial charge in [0.05, 0.1) is 35.6 Å². The second-order valence-electron chi connectivity index (χ2n) is 8.15. The standard InChI is InChI=1S/C26H25BrN2O3S/c1-3-32-22-14-16(11-17(27)26(22)31-2)25-24-20(28-18-7-4-5-8-19(18)29-25)12-15(13-21(24)30)23-9-6-10-33-23/h4-11,14-15,25,28-29H,3,12-13H2,1-2H3/t15-,25-/m0/s1. The third kappa shape index (κ3) is 4.15. The van der Waals surface area contributed by atoms with Crippen LogP contribution in [-0.2, 0) is 4.79 Å². The van der Waals surface area contributed by atoms with Crippen LogP contribution < -0.4 is 20.1 Å². The summed E-state index contributed by atoms with van der Waals surface area (Å²) in [5, 5.41) is 9.30. The van der Waals surface area contributed by atoms with E-state index in [0.717, 1.165) is 39.1 Å². The largest absolute Gasteiger partial charge is 0.492 e. The van der Waals surface area contributed by atoms with Crippen molar-refractivity contribution in [3.05, 3.63) is 80.1 Å². The number of benzene rings is 2. The maximum absolute atomic E-state index is 13.6. The second-order valence-corrected chi connectivity index (χ2v) is 9.98. The molecule has 7 heteroatoms. The summed E-state index contributed by atoms with van der Waals surface area (Å²) in [4.78, 5) is 14.9. The second kappa shape index (κ2) is 9.23. The Hall–Kier alpha value is -2.77. The molecule has 1 aromatic heterocycles. The topological polar surface area (TPSA) is 59.6 Å². The molecule has 170 valence electrons. The molecule has 2 N–H and O–H groups in total. The predicted molar refractivity (Wildman–Crippen MR) is 137 cm³/mol. The highest BCUT2D eigenvalue weighted by molar-refractivity contribution is 9.10. The minimum Gasteiger partial charge on any atom is -0.492 e. The van der Waals surface area contributed by atoms with E-state index >= 15 is 0 Å². The summed E-state index contributed by atoms with van der Waals surface area (Å²) in [5.41, 5.74) is 4.66. The van der Waals surface area contributed by atoms with Crippen molar-refractivity contribution in [3.8, 4) is 11.5 Å². The van der Waals surface area contributed by atoms with Crippen LogP contribution in [0.15, 0.2) is 69.7 Å². The predicted octanol–water partition coefficient (Wildman–Crippen LogP) is 6.90. The molecule has 0 fully saturated rings. The summed E-state index contributed by atoms with van der Waals surface area (Å²) < 4.78 is 12.2. The van der Waals surface area contributed by atoms with E-state index < -0.39 is 0 Å². The van der Waals surface area contributed by atoms with Crippen molar-refractivity contribution in [1.82, 2.24) is 0 Å². The lowest BCUT2D eigenvalue weighted by molar-refractivity contribution is -0.116. The van der Waals surface area contributed by atoms with Gasteiger partial charge in [-0.3, -0.25) is 4.79 Å². The normalized spacial score (nSPS) is 19.7. The number of anilines is 2. The average molecular weight is 525 g/mol. The summed E-state index contributed by atoms with van der Waals surface area (Å²) in [5.74, 6) is 1.65. The SMILES string of the molecule is CCOc1cc([C@@H]2Nc3ccccc3NC3=C2C(=O)C[C@@H](c2cccs2)C3)cc(Br)c1OC. The first-order chi connectivity index (χ1) is 16.1. The fourth-order valence-electron chi connectivity index (χ4n) is 4.68. The minimum absolute atomic E-state index is 0.164. The van der Waals surface area contributed by atoms with Gasteiger partial charge in [0, 0.05) is 28.5 Å². The summed E-state index contributed by atoms with van der Waals surface area (Å²) >= 11 is 5.35. The Bertz CT molecular complexity index is 1220. The summed E-state index contributed by atoms with van der Waals surface area (Å²) in [7, 11) is 1.63. The number of hydrogen-bond donors (Lipinski definition) is 2. The van der Waals surface area contributed by atoms with Gasteiger partial charge in [-0.25, -0.2) is 0 Å². The zero-order valence-corrected chi connectivity index (χ0v) is 20.9. The molecule has 0 unspecified atom stereocenters. The number of nitrogens with one attached hydrogen (secondary N) is 2. The van der Waals surface area contributed by atoms with E-state index in [2.05, 4.69) is 44.1 Å². The van der Waals surface area contributed by atoms with E-state index in [1.54, 1.807) is 18.4 Å². The Morgan fingerprint density at radius 2 is 1.94 bits per heavy atom. The third-order valence-electron chi connectivity index (χ3n) is 6.12. The van der Waals surface area contributed by atoms with Gasteiger partial charge in [0.2, 0.25) is 0 Å². The molecular weight excluding hydrogens is 500 g/mol. The van der Waals surface area contributed by atoms with Crippen LogP contribution in [0.4, 0.5) is 11.4 Å². The Balaban J connectivity index is 1.64. The summed E-state index contributed by atoms with van der Waals surface area (Å²) in [6.07, 6.45) is 1.30. The number of carbonyl (C=O) groups is 1. The molecule has 1 aliphatic heterocycles. The first kappa shape index (κ1) is 22.0. The fraction of sp³-hybridized carbons (Fsp3) is 0.269. The summed E-state index contributed by atoms with van der Waals surface area (Å²) in [6.45, 7) is 2.46. The van der Waals surface area contributed by atoms with Crippen LogP contribution in [0.5, 0.6) is 11.5 Å². The van der Waals surface area contributed by atoms with Gasteiger partial charge in [0.25, 0.3) is 0 Å². The molecule has 0 bridgehead atoms. The number of thiophene rings is 1. The number of rotatable bonds is 5. The lowest BCUT2D eigenvalue weighted by atomic mass is 9.80. The first-order valence-electron chi connectivity index (χ1n) is 11.0. The van der Waals surface area contributed by atoms with E-state index in [1.807, 2.05) is 43.3 Å². The van der Waals surface area contributed by atoms with Crippen molar-refractivity contribution >= 4 is 44.4 Å². The van der Waals surface area contributed by atoms with Gasteiger partial charge in [-0.05, 0) is 70.5 Å². The lowest BCUT2D eigenvalue weighted by Gasteiger charge is -2.29. The molecule has 0 saturated heterocycles. The highest BCUT2D eigenvalue weighted by Gasteiger charge is 2.36. The number of carbonyl (C=O) groups excluding carboxylic acids is 1. The number of methoxy groups -OCH3 is 1. The van der Waals surface area contributed by atoms with Crippen LogP contribution in [0.3, 0.4) is 0 Å². The number of hydrogen-bond acceptors (Lipinski definition) is 6. The zero-order chi connectivity index (χ0) is 22.9. The lowest BCUT2D eigenvalue weighted by Crippen LogP contribution is -2.26. The quantitative estimate of drug-likeness (QED) is 0.380. The van der Waals surface area contributed by atoms with Gasteiger partial charge in [0.1, 0.15) is 0 Å². The molecular formula is C26H25BrN2O3S. The van der Waals surface area contributed by atoms with Crippen molar-refractivity contribution in [2.24, 2.45) is 0 Å². The van der Waals surface area contributed by atoms with Crippen LogP contribution in [-0.4, -0.2) is 19.5 Å². The highest BCUT2D eigenvalue weighted by Crippen LogP contribution is 2.47. The van der Waals surface area contributed by atoms with Crippen molar-refractivity contribution in [2.45, 2.75) is 31.7 Å². The molecule has 2 aliphatic rings. The maximum atomic E-state index is 13.6. The van der Waals surface area contributed by atoms with E-state index in [0.29, 0.717) is 24.5 Å². The monoisotopic (exact) mass is 524 g/mol. The number of halogens is 1. The fourth-order valence-corrected chi connectivity index (χ4v) is 6.13. The smallest absolute Gasteiger partial charge is 0.174 e. The Kier molecular flexibility index (Phi) is 6.17. The molecule has 0 spiro atoms. The molecule has 3 aromatic rings. The van der Waals surface area contributed by atoms with E-state index in [1.165, 1.54) is 4.88 Å². The van der Waals surface area contributed by atoms with E-state index in [-0.39, 0.29) is 17.7 Å². The van der Waals surface area contributed by atoms with E-state index in [9.17, 15) is 4.79 Å². The van der Waals surface area contributed by atoms with Gasteiger partial charge in [-0.15, -0.1) is 11.3 Å². The van der Waals surface area contributed by atoms with Crippen molar-refractivity contribution in [3.63, 3.8) is 0 Å². The van der Waals surface area contributed by atoms with Crippen molar-refractivity contribution < 1.29 is 14.3 Å². The first-order valence-corrected chi connectivity index (χ1v) is 12.7. The molecule has 2 heterocycles. The molecule has 2 atom stereocenters. The number of ether oxygens (including phenoxy) is 2. The number of Topliss-reactive ketones (excluding diaryl/α,β-unsaturated/α-hetero) is 1. The Labute approximate surface area is 205 Å². The molecule has 5 nitrogen and oxygen atoms in total. The number of para-hydroxylation sites is 2. The zero-order valence-electron chi connectivity index (χ0n) is 18.5. The molecule has 5 rings (SSSR count). The van der Waals surface area contributed by atoms with Crippen LogP contribution in [0.2, 0.25) is 0 Å². The molecule has 0 radical (unpaired) electrons. The molecule has 0 saturated carbocycles. The molecule has 1 aliphatic carbocycles. The van der Waals surface area contributed by atoms with Gasteiger partial charge >= 0.3 is 0 Å². The van der Waals surface area contributed by atoms with Crippen LogP contribution in [0, 0.1) is 0 Å². The maximum Gasteiger partial charge on any atom is 0.174 e. The number of fused-ring (bicyclic) bond motifs is 1.